The summed E-state index contributed by atoms with van der Waals surface area (Å²) < 4.78 is 0. The number of thiophene rings is 1. The summed E-state index contributed by atoms with van der Waals surface area (Å²) in [5, 5.41) is 9.49. The molecule has 1 saturated heterocycles. The Bertz CT molecular complexity index is 544. The van der Waals surface area contributed by atoms with Gasteiger partial charge in [0.15, 0.2) is 0 Å². The third kappa shape index (κ3) is 3.86. The zero-order chi connectivity index (χ0) is 14.5. The average molecular weight is 300 g/mol. The van der Waals surface area contributed by atoms with Gasteiger partial charge < -0.3 is 10.6 Å². The summed E-state index contributed by atoms with van der Waals surface area (Å²) in [4.78, 5) is 1.33. The van der Waals surface area contributed by atoms with E-state index in [0.717, 1.165) is 0 Å². The summed E-state index contributed by atoms with van der Waals surface area (Å²) in [6.07, 6.45) is 5.22. The van der Waals surface area contributed by atoms with Crippen molar-refractivity contribution in [2.75, 3.05) is 11.9 Å². The number of anilines is 1. The molecule has 2 atom stereocenters. The Balaban J connectivity index is 1.67. The van der Waals surface area contributed by atoms with E-state index in [1.165, 1.54) is 48.4 Å². The summed E-state index contributed by atoms with van der Waals surface area (Å²) in [6, 6.07) is 14.1. The molecule has 0 bridgehead atoms. The van der Waals surface area contributed by atoms with E-state index in [4.69, 9.17) is 0 Å². The Hall–Kier alpha value is -1.32. The van der Waals surface area contributed by atoms with Crippen LogP contribution in [0, 0.1) is 0 Å². The molecule has 2 nitrogen and oxygen atoms in total. The van der Waals surface area contributed by atoms with Crippen LogP contribution in [-0.4, -0.2) is 18.6 Å². The predicted octanol–water partition coefficient (Wildman–Crippen LogP) is 4.75. The van der Waals surface area contributed by atoms with Crippen LogP contribution < -0.4 is 10.6 Å². The van der Waals surface area contributed by atoms with Gasteiger partial charge in [-0.15, -0.1) is 11.3 Å². The molecule has 1 aliphatic heterocycles. The van der Waals surface area contributed by atoms with E-state index in [9.17, 15) is 0 Å². The summed E-state index contributed by atoms with van der Waals surface area (Å²) in [6.45, 7) is 3.48. The van der Waals surface area contributed by atoms with Crippen LogP contribution in [0.5, 0.6) is 0 Å². The minimum absolute atomic E-state index is 0.488. The first-order chi connectivity index (χ1) is 10.3. The van der Waals surface area contributed by atoms with Crippen LogP contribution in [0.4, 0.5) is 5.69 Å². The highest BCUT2D eigenvalue weighted by Gasteiger charge is 2.16. The molecule has 2 aromatic rings. The monoisotopic (exact) mass is 300 g/mol. The Morgan fingerprint density at radius 3 is 2.90 bits per heavy atom. The van der Waals surface area contributed by atoms with E-state index in [-0.39, 0.29) is 0 Å². The molecule has 0 spiro atoms. The number of rotatable bonds is 5. The quantitative estimate of drug-likeness (QED) is 0.833. The predicted molar refractivity (Wildman–Crippen MR) is 93.1 cm³/mol. The Morgan fingerprint density at radius 2 is 2.14 bits per heavy atom. The SMILES string of the molecule is CC(CC1CCCCN1)Nc1ccccc1-c1cccs1. The fourth-order valence-electron chi connectivity index (χ4n) is 3.13. The van der Waals surface area contributed by atoms with Crippen molar-refractivity contribution in [3.8, 4) is 10.4 Å². The van der Waals surface area contributed by atoms with Gasteiger partial charge in [0, 0.05) is 28.2 Å². The van der Waals surface area contributed by atoms with Gasteiger partial charge in [-0.3, -0.25) is 0 Å². The number of para-hydroxylation sites is 1. The number of piperidine rings is 1. The van der Waals surface area contributed by atoms with Crippen molar-refractivity contribution in [3.63, 3.8) is 0 Å². The van der Waals surface area contributed by atoms with Crippen molar-refractivity contribution < 1.29 is 0 Å². The maximum absolute atomic E-state index is 3.71. The van der Waals surface area contributed by atoms with Crippen molar-refractivity contribution in [3.05, 3.63) is 41.8 Å². The summed E-state index contributed by atoms with van der Waals surface area (Å²) in [5.74, 6) is 0. The van der Waals surface area contributed by atoms with E-state index in [2.05, 4.69) is 59.3 Å². The molecule has 0 saturated carbocycles. The van der Waals surface area contributed by atoms with Gasteiger partial charge in [-0.2, -0.15) is 0 Å². The molecule has 1 aromatic heterocycles. The minimum Gasteiger partial charge on any atom is -0.382 e. The van der Waals surface area contributed by atoms with Crippen LogP contribution in [0.1, 0.15) is 32.6 Å². The molecule has 3 heteroatoms. The van der Waals surface area contributed by atoms with Crippen LogP contribution >= 0.6 is 11.3 Å². The highest BCUT2D eigenvalue weighted by Crippen LogP contribution is 2.32. The second-order valence-corrected chi connectivity index (χ2v) is 6.90. The molecule has 0 amide bonds. The van der Waals surface area contributed by atoms with E-state index >= 15 is 0 Å². The molecular weight excluding hydrogens is 276 g/mol. The van der Waals surface area contributed by atoms with Gasteiger partial charge in [-0.1, -0.05) is 30.7 Å². The maximum Gasteiger partial charge on any atom is 0.0430 e. The molecule has 1 fully saturated rings. The van der Waals surface area contributed by atoms with E-state index in [1.54, 1.807) is 11.3 Å². The lowest BCUT2D eigenvalue weighted by Gasteiger charge is -2.27. The molecule has 3 rings (SSSR count). The smallest absolute Gasteiger partial charge is 0.0430 e. The van der Waals surface area contributed by atoms with E-state index < -0.39 is 0 Å². The normalized spacial score (nSPS) is 20.1. The summed E-state index contributed by atoms with van der Waals surface area (Å²) in [5.41, 5.74) is 2.57. The second kappa shape index (κ2) is 7.10. The van der Waals surface area contributed by atoms with Crippen LogP contribution in [0.15, 0.2) is 41.8 Å². The average Bonchev–Trinajstić information content (AvgIpc) is 3.03. The maximum atomic E-state index is 3.71. The molecule has 2 unspecified atom stereocenters. The molecule has 21 heavy (non-hydrogen) atoms. The Labute approximate surface area is 131 Å². The Kier molecular flexibility index (Phi) is 4.94. The molecule has 112 valence electrons. The summed E-state index contributed by atoms with van der Waals surface area (Å²) >= 11 is 1.80. The van der Waals surface area contributed by atoms with Gasteiger partial charge in [0.1, 0.15) is 0 Å². The van der Waals surface area contributed by atoms with Crippen molar-refractivity contribution in [2.45, 2.75) is 44.7 Å². The topological polar surface area (TPSA) is 24.1 Å². The molecule has 0 aliphatic carbocycles. The first-order valence-electron chi connectivity index (χ1n) is 7.96. The van der Waals surface area contributed by atoms with Crippen molar-refractivity contribution >= 4 is 17.0 Å². The molecule has 0 radical (unpaired) electrons. The van der Waals surface area contributed by atoms with Gasteiger partial charge >= 0.3 is 0 Å². The number of nitrogens with one attached hydrogen (secondary N) is 2. The summed E-state index contributed by atoms with van der Waals surface area (Å²) in [7, 11) is 0. The number of benzene rings is 1. The third-order valence-corrected chi connectivity index (χ3v) is 5.07. The van der Waals surface area contributed by atoms with Crippen molar-refractivity contribution in [1.82, 2.24) is 5.32 Å². The molecular formula is C18H24N2S. The number of hydrogen-bond acceptors (Lipinski definition) is 3. The fraction of sp³-hybridized carbons (Fsp3) is 0.444. The minimum atomic E-state index is 0.488. The van der Waals surface area contributed by atoms with E-state index in [1.807, 2.05) is 0 Å². The zero-order valence-corrected chi connectivity index (χ0v) is 13.5. The van der Waals surface area contributed by atoms with Crippen molar-refractivity contribution in [1.29, 1.82) is 0 Å². The largest absolute Gasteiger partial charge is 0.382 e. The lowest BCUT2D eigenvalue weighted by atomic mass is 9.98. The van der Waals surface area contributed by atoms with Gasteiger partial charge in [0.05, 0.1) is 0 Å². The van der Waals surface area contributed by atoms with Crippen molar-refractivity contribution in [2.24, 2.45) is 0 Å². The molecule has 1 aromatic carbocycles. The van der Waals surface area contributed by atoms with Crippen LogP contribution in [0.3, 0.4) is 0 Å². The lowest BCUT2D eigenvalue weighted by Crippen LogP contribution is -2.37. The zero-order valence-electron chi connectivity index (χ0n) is 12.6. The van der Waals surface area contributed by atoms with Gasteiger partial charge in [0.25, 0.3) is 0 Å². The van der Waals surface area contributed by atoms with Crippen LogP contribution in [0.25, 0.3) is 10.4 Å². The molecule has 2 N–H and O–H groups in total. The first-order valence-corrected chi connectivity index (χ1v) is 8.84. The highest BCUT2D eigenvalue weighted by molar-refractivity contribution is 7.13. The first kappa shape index (κ1) is 14.6. The number of hydrogen-bond donors (Lipinski definition) is 2. The highest BCUT2D eigenvalue weighted by atomic mass is 32.1. The molecule has 1 aliphatic rings. The molecule has 2 heterocycles. The van der Waals surface area contributed by atoms with Crippen LogP contribution in [-0.2, 0) is 0 Å². The second-order valence-electron chi connectivity index (χ2n) is 5.95. The fourth-order valence-corrected chi connectivity index (χ4v) is 3.90. The third-order valence-electron chi connectivity index (χ3n) is 4.17. The van der Waals surface area contributed by atoms with Gasteiger partial charge in [-0.25, -0.2) is 0 Å². The standard InChI is InChI=1S/C18H24N2S/c1-14(13-15-7-4-5-11-19-15)20-17-9-3-2-8-16(17)18-10-6-12-21-18/h2-3,6,8-10,12,14-15,19-20H,4-5,7,11,13H2,1H3. The van der Waals surface area contributed by atoms with Gasteiger partial charge in [-0.05, 0) is 50.2 Å². The van der Waals surface area contributed by atoms with Gasteiger partial charge in [0.2, 0.25) is 0 Å². The van der Waals surface area contributed by atoms with E-state index in [0.29, 0.717) is 12.1 Å². The lowest BCUT2D eigenvalue weighted by molar-refractivity contribution is 0.371. The Morgan fingerprint density at radius 1 is 1.24 bits per heavy atom. The van der Waals surface area contributed by atoms with Crippen LogP contribution in [0.2, 0.25) is 0 Å².